The number of fused-ring (bicyclic) bond motifs is 1. The van der Waals surface area contributed by atoms with Crippen molar-refractivity contribution in [3.63, 3.8) is 0 Å². The summed E-state index contributed by atoms with van der Waals surface area (Å²) in [6.07, 6.45) is -0.547. The summed E-state index contributed by atoms with van der Waals surface area (Å²) < 4.78 is 44.3. The fourth-order valence-electron chi connectivity index (χ4n) is 2.73. The maximum atomic E-state index is 12.6. The first-order chi connectivity index (χ1) is 13.0. The topological polar surface area (TPSA) is 73.9 Å². The van der Waals surface area contributed by atoms with Crippen LogP contribution in [-0.2, 0) is 10.0 Å². The average Bonchev–Trinajstić information content (AvgIpc) is 3.12. The first-order valence-corrected chi connectivity index (χ1v) is 9.73. The van der Waals surface area contributed by atoms with Crippen LogP contribution in [0.1, 0.15) is 11.9 Å². The second-order valence-corrected chi connectivity index (χ2v) is 7.60. The van der Waals surface area contributed by atoms with Crippen LogP contribution in [0.2, 0.25) is 0 Å². The van der Waals surface area contributed by atoms with Crippen LogP contribution in [-0.4, -0.2) is 15.5 Å². The molecule has 1 unspecified atom stereocenters. The van der Waals surface area contributed by atoms with Crippen molar-refractivity contribution in [1.82, 2.24) is 0 Å². The van der Waals surface area contributed by atoms with Crippen LogP contribution in [0.5, 0.6) is 17.2 Å². The molecule has 3 aromatic carbocycles. The van der Waals surface area contributed by atoms with Crippen molar-refractivity contribution in [3.8, 4) is 17.2 Å². The van der Waals surface area contributed by atoms with E-state index in [0.29, 0.717) is 22.9 Å². The fourth-order valence-corrected chi connectivity index (χ4v) is 3.78. The standard InChI is InChI=1S/C20H17NO5S/c1-24-16-8-10-17(11-9-16)27(22,23)21-15-7-12-18-19(13-15)26-20(25-18)14-5-3-2-4-6-14/h2-13,20-21H,1H3. The lowest BCUT2D eigenvalue weighted by Crippen LogP contribution is -2.12. The van der Waals surface area contributed by atoms with E-state index in [2.05, 4.69) is 4.72 Å². The molecular formula is C20H17NO5S. The summed E-state index contributed by atoms with van der Waals surface area (Å²) in [5.74, 6) is 1.64. The molecule has 0 fully saturated rings. The molecule has 1 aliphatic heterocycles. The van der Waals surface area contributed by atoms with Gasteiger partial charge in [0.15, 0.2) is 11.5 Å². The van der Waals surface area contributed by atoms with Crippen LogP contribution in [0.25, 0.3) is 0 Å². The Bertz CT molecular complexity index is 1050. The van der Waals surface area contributed by atoms with Gasteiger partial charge in [0.25, 0.3) is 16.3 Å². The van der Waals surface area contributed by atoms with Crippen LogP contribution in [0, 0.1) is 0 Å². The van der Waals surface area contributed by atoms with Gasteiger partial charge in [0.05, 0.1) is 17.7 Å². The second kappa shape index (κ2) is 6.85. The molecule has 0 spiro atoms. The van der Waals surface area contributed by atoms with Crippen molar-refractivity contribution >= 4 is 15.7 Å². The molecule has 0 bridgehead atoms. The number of hydrogen-bond acceptors (Lipinski definition) is 5. The third kappa shape index (κ3) is 3.54. The highest BCUT2D eigenvalue weighted by Gasteiger charge is 2.26. The molecule has 0 aliphatic carbocycles. The van der Waals surface area contributed by atoms with Crippen LogP contribution in [0.4, 0.5) is 5.69 Å². The highest BCUT2D eigenvalue weighted by atomic mass is 32.2. The number of rotatable bonds is 5. The van der Waals surface area contributed by atoms with Crippen molar-refractivity contribution in [3.05, 3.63) is 78.4 Å². The Labute approximate surface area is 157 Å². The number of anilines is 1. The Morgan fingerprint density at radius 1 is 0.889 bits per heavy atom. The van der Waals surface area contributed by atoms with E-state index in [-0.39, 0.29) is 4.90 Å². The number of hydrogen-bond donors (Lipinski definition) is 1. The molecule has 0 saturated carbocycles. The van der Waals surface area contributed by atoms with Crippen LogP contribution in [0.3, 0.4) is 0 Å². The summed E-state index contributed by atoms with van der Waals surface area (Å²) in [5.41, 5.74) is 1.27. The van der Waals surface area contributed by atoms with Crippen LogP contribution in [0.15, 0.2) is 77.7 Å². The minimum Gasteiger partial charge on any atom is -0.497 e. The highest BCUT2D eigenvalue weighted by molar-refractivity contribution is 7.92. The molecule has 0 amide bonds. The van der Waals surface area contributed by atoms with E-state index >= 15 is 0 Å². The lowest BCUT2D eigenvalue weighted by atomic mass is 10.2. The zero-order valence-electron chi connectivity index (χ0n) is 14.5. The molecule has 1 aliphatic rings. The van der Waals surface area contributed by atoms with Gasteiger partial charge in [0, 0.05) is 11.6 Å². The number of nitrogens with one attached hydrogen (secondary N) is 1. The molecule has 1 atom stereocenters. The van der Waals surface area contributed by atoms with E-state index in [0.717, 1.165) is 5.56 Å². The van der Waals surface area contributed by atoms with E-state index in [1.54, 1.807) is 30.3 Å². The molecule has 7 heteroatoms. The highest BCUT2D eigenvalue weighted by Crippen LogP contribution is 2.42. The molecule has 1 heterocycles. The summed E-state index contributed by atoms with van der Waals surface area (Å²) in [6, 6.07) is 20.6. The van der Waals surface area contributed by atoms with Gasteiger partial charge in [-0.3, -0.25) is 4.72 Å². The third-order valence-corrected chi connectivity index (χ3v) is 5.50. The number of ether oxygens (including phenoxy) is 3. The largest absolute Gasteiger partial charge is 0.497 e. The van der Waals surface area contributed by atoms with E-state index in [9.17, 15) is 8.42 Å². The quantitative estimate of drug-likeness (QED) is 0.722. The lowest BCUT2D eigenvalue weighted by Gasteiger charge is -2.10. The van der Waals surface area contributed by atoms with Gasteiger partial charge in [-0.05, 0) is 36.4 Å². The monoisotopic (exact) mass is 383 g/mol. The van der Waals surface area contributed by atoms with Gasteiger partial charge in [-0.15, -0.1) is 0 Å². The summed E-state index contributed by atoms with van der Waals surface area (Å²) in [7, 11) is -2.20. The molecular weight excluding hydrogens is 366 g/mol. The molecule has 4 rings (SSSR count). The molecule has 0 saturated heterocycles. The third-order valence-electron chi connectivity index (χ3n) is 4.11. The van der Waals surface area contributed by atoms with Gasteiger partial charge in [-0.25, -0.2) is 8.42 Å². The lowest BCUT2D eigenvalue weighted by molar-refractivity contribution is 0.0487. The molecule has 138 valence electrons. The molecule has 27 heavy (non-hydrogen) atoms. The van der Waals surface area contributed by atoms with Gasteiger partial charge in [-0.1, -0.05) is 30.3 Å². The maximum absolute atomic E-state index is 12.6. The Kier molecular flexibility index (Phi) is 4.37. The Balaban J connectivity index is 1.53. The Morgan fingerprint density at radius 3 is 2.30 bits per heavy atom. The maximum Gasteiger partial charge on any atom is 0.267 e. The minimum absolute atomic E-state index is 0.142. The van der Waals surface area contributed by atoms with E-state index in [1.165, 1.54) is 19.2 Å². The smallest absolute Gasteiger partial charge is 0.267 e. The predicted molar refractivity (Wildman–Crippen MR) is 101 cm³/mol. The second-order valence-electron chi connectivity index (χ2n) is 5.92. The SMILES string of the molecule is COc1ccc(S(=O)(=O)Nc2ccc3c(c2)OC(c2ccccc2)O3)cc1. The summed E-state index contributed by atoms with van der Waals surface area (Å²) in [6.45, 7) is 0. The first-order valence-electron chi connectivity index (χ1n) is 8.24. The minimum atomic E-state index is -3.72. The molecule has 3 aromatic rings. The number of benzene rings is 3. The summed E-state index contributed by atoms with van der Waals surface area (Å²) in [4.78, 5) is 0.142. The van der Waals surface area contributed by atoms with Gasteiger partial charge >= 0.3 is 0 Å². The normalized spacial score (nSPS) is 15.4. The van der Waals surface area contributed by atoms with E-state index in [4.69, 9.17) is 14.2 Å². The fraction of sp³-hybridized carbons (Fsp3) is 0.100. The Morgan fingerprint density at radius 2 is 1.59 bits per heavy atom. The molecule has 1 N–H and O–H groups in total. The number of methoxy groups -OCH3 is 1. The van der Waals surface area contributed by atoms with Crippen LogP contribution < -0.4 is 18.9 Å². The van der Waals surface area contributed by atoms with Crippen molar-refractivity contribution in [2.24, 2.45) is 0 Å². The van der Waals surface area contributed by atoms with Crippen molar-refractivity contribution < 1.29 is 22.6 Å². The summed E-state index contributed by atoms with van der Waals surface area (Å²) >= 11 is 0. The number of sulfonamides is 1. The molecule has 6 nitrogen and oxygen atoms in total. The summed E-state index contributed by atoms with van der Waals surface area (Å²) in [5, 5.41) is 0. The van der Waals surface area contributed by atoms with Gasteiger partial charge in [0.2, 0.25) is 0 Å². The van der Waals surface area contributed by atoms with Gasteiger partial charge in [-0.2, -0.15) is 0 Å². The van der Waals surface area contributed by atoms with Gasteiger partial charge in [0.1, 0.15) is 5.75 Å². The average molecular weight is 383 g/mol. The van der Waals surface area contributed by atoms with Gasteiger partial charge < -0.3 is 14.2 Å². The zero-order chi connectivity index (χ0) is 18.9. The van der Waals surface area contributed by atoms with Crippen molar-refractivity contribution in [2.75, 3.05) is 11.8 Å². The van der Waals surface area contributed by atoms with Crippen LogP contribution >= 0.6 is 0 Å². The van der Waals surface area contributed by atoms with Crippen molar-refractivity contribution in [1.29, 1.82) is 0 Å². The first kappa shape index (κ1) is 17.2. The zero-order valence-corrected chi connectivity index (χ0v) is 15.3. The van der Waals surface area contributed by atoms with E-state index in [1.807, 2.05) is 30.3 Å². The van der Waals surface area contributed by atoms with E-state index < -0.39 is 16.3 Å². The van der Waals surface area contributed by atoms with Crippen molar-refractivity contribution in [2.45, 2.75) is 11.2 Å². The molecule has 0 radical (unpaired) electrons. The Hall–Kier alpha value is -3.19. The predicted octanol–water partition coefficient (Wildman–Crippen LogP) is 3.97. The molecule has 0 aromatic heterocycles.